The van der Waals surface area contributed by atoms with Crippen LogP contribution in [-0.4, -0.2) is 12.0 Å². The van der Waals surface area contributed by atoms with Crippen LogP contribution in [0.1, 0.15) is 25.7 Å². The van der Waals surface area contributed by atoms with E-state index in [1.807, 2.05) is 0 Å². The van der Waals surface area contributed by atoms with E-state index in [1.165, 1.54) is 25.7 Å². The maximum absolute atomic E-state index is 7.35. The minimum absolute atomic E-state index is 0.405. The standard InChI is InChI=1S/C7H11NO/c8-7-5-1-3-6(9-7)4-2-5/h5-6,8H,1-4H2. The van der Waals surface area contributed by atoms with Crippen molar-refractivity contribution in [2.75, 3.05) is 0 Å². The molecular weight excluding hydrogens is 114 g/mol. The summed E-state index contributed by atoms with van der Waals surface area (Å²) in [5, 5.41) is 7.35. The highest BCUT2D eigenvalue weighted by atomic mass is 16.5. The molecule has 1 N–H and O–H groups in total. The molecule has 9 heavy (non-hydrogen) atoms. The smallest absolute Gasteiger partial charge is 0.183 e. The summed E-state index contributed by atoms with van der Waals surface area (Å²) in [5.74, 6) is 1.03. The number of hydrogen-bond donors (Lipinski definition) is 1. The summed E-state index contributed by atoms with van der Waals surface area (Å²) in [7, 11) is 0. The van der Waals surface area contributed by atoms with E-state index in [4.69, 9.17) is 10.1 Å². The fourth-order valence-electron chi connectivity index (χ4n) is 1.72. The SMILES string of the molecule is N=C1OC2CCC1CC2. The first kappa shape index (κ1) is 5.27. The summed E-state index contributed by atoms with van der Waals surface area (Å²) in [5.41, 5.74) is 0. The Kier molecular flexibility index (Phi) is 1.01. The minimum atomic E-state index is 0.405. The molecule has 3 aliphatic rings. The van der Waals surface area contributed by atoms with Gasteiger partial charge in [0.1, 0.15) is 6.10 Å². The normalized spacial score (nSPS) is 40.7. The van der Waals surface area contributed by atoms with Gasteiger partial charge in [0.25, 0.3) is 0 Å². The van der Waals surface area contributed by atoms with Gasteiger partial charge in [0.15, 0.2) is 5.90 Å². The third-order valence-electron chi connectivity index (χ3n) is 2.34. The molecule has 0 amide bonds. The van der Waals surface area contributed by atoms with Gasteiger partial charge >= 0.3 is 0 Å². The van der Waals surface area contributed by atoms with Crippen molar-refractivity contribution in [3.05, 3.63) is 0 Å². The predicted molar refractivity (Wildman–Crippen MR) is 34.6 cm³/mol. The van der Waals surface area contributed by atoms with Crippen LogP contribution in [0, 0.1) is 11.3 Å². The maximum atomic E-state index is 7.35. The zero-order valence-corrected chi connectivity index (χ0v) is 5.39. The monoisotopic (exact) mass is 125 g/mol. The van der Waals surface area contributed by atoms with Crippen molar-refractivity contribution in [2.45, 2.75) is 31.8 Å². The van der Waals surface area contributed by atoms with Crippen LogP contribution in [0.4, 0.5) is 0 Å². The number of nitrogens with one attached hydrogen (secondary N) is 1. The summed E-state index contributed by atoms with van der Waals surface area (Å²) in [4.78, 5) is 0. The van der Waals surface area contributed by atoms with Crippen LogP contribution in [0.2, 0.25) is 0 Å². The summed E-state index contributed by atoms with van der Waals surface area (Å²) in [6, 6.07) is 0. The number of ether oxygens (including phenoxy) is 1. The van der Waals surface area contributed by atoms with Crippen LogP contribution in [0.5, 0.6) is 0 Å². The van der Waals surface area contributed by atoms with E-state index < -0.39 is 0 Å². The van der Waals surface area contributed by atoms with Crippen LogP contribution >= 0.6 is 0 Å². The summed E-state index contributed by atoms with van der Waals surface area (Å²) < 4.78 is 5.27. The molecule has 0 radical (unpaired) electrons. The van der Waals surface area contributed by atoms with Crippen molar-refractivity contribution in [1.82, 2.24) is 0 Å². The van der Waals surface area contributed by atoms with Crippen molar-refractivity contribution in [3.8, 4) is 0 Å². The van der Waals surface area contributed by atoms with E-state index in [2.05, 4.69) is 0 Å². The molecule has 0 unspecified atom stereocenters. The molecule has 0 spiro atoms. The summed E-state index contributed by atoms with van der Waals surface area (Å²) in [6.07, 6.45) is 5.18. The molecule has 1 saturated carbocycles. The Bertz CT molecular complexity index is 136. The van der Waals surface area contributed by atoms with Gasteiger partial charge in [-0.15, -0.1) is 0 Å². The van der Waals surface area contributed by atoms with E-state index in [-0.39, 0.29) is 0 Å². The molecule has 2 saturated heterocycles. The van der Waals surface area contributed by atoms with Gasteiger partial charge in [-0.2, -0.15) is 0 Å². The van der Waals surface area contributed by atoms with E-state index in [9.17, 15) is 0 Å². The van der Waals surface area contributed by atoms with Gasteiger partial charge in [0, 0.05) is 5.92 Å². The lowest BCUT2D eigenvalue weighted by Gasteiger charge is -2.36. The highest BCUT2D eigenvalue weighted by Crippen LogP contribution is 2.33. The Morgan fingerprint density at radius 3 is 2.11 bits per heavy atom. The lowest BCUT2D eigenvalue weighted by molar-refractivity contribution is 0.0724. The summed E-state index contributed by atoms with van der Waals surface area (Å²) >= 11 is 0. The molecule has 3 fully saturated rings. The molecule has 0 aromatic rings. The Hall–Kier alpha value is -0.530. The van der Waals surface area contributed by atoms with Crippen LogP contribution in [0.15, 0.2) is 0 Å². The van der Waals surface area contributed by atoms with Crippen molar-refractivity contribution in [3.63, 3.8) is 0 Å². The molecule has 0 aromatic heterocycles. The predicted octanol–water partition coefficient (Wildman–Crippen LogP) is 1.55. The Morgan fingerprint density at radius 1 is 1.22 bits per heavy atom. The number of fused-ring (bicyclic) bond motifs is 3. The second kappa shape index (κ2) is 1.72. The third-order valence-corrected chi connectivity index (χ3v) is 2.34. The van der Waals surface area contributed by atoms with Gasteiger partial charge in [-0.1, -0.05) is 0 Å². The average Bonchev–Trinajstić information content (AvgIpc) is 1.90. The van der Waals surface area contributed by atoms with E-state index in [0.717, 1.165) is 0 Å². The second-order valence-electron chi connectivity index (χ2n) is 2.96. The quantitative estimate of drug-likeness (QED) is 0.523. The van der Waals surface area contributed by atoms with Gasteiger partial charge in [-0.25, -0.2) is 0 Å². The average molecular weight is 125 g/mol. The molecule has 0 atom stereocenters. The molecule has 2 heteroatoms. The fourth-order valence-corrected chi connectivity index (χ4v) is 1.72. The van der Waals surface area contributed by atoms with Gasteiger partial charge in [0.05, 0.1) is 0 Å². The van der Waals surface area contributed by atoms with Gasteiger partial charge < -0.3 is 4.74 Å². The topological polar surface area (TPSA) is 33.1 Å². The maximum Gasteiger partial charge on any atom is 0.183 e. The summed E-state index contributed by atoms with van der Waals surface area (Å²) in [6.45, 7) is 0. The molecule has 0 aromatic carbocycles. The van der Waals surface area contributed by atoms with Gasteiger partial charge in [-0.05, 0) is 25.7 Å². The van der Waals surface area contributed by atoms with Crippen molar-refractivity contribution >= 4 is 5.90 Å². The van der Waals surface area contributed by atoms with E-state index in [0.29, 0.717) is 17.9 Å². The molecular formula is C7H11NO. The Morgan fingerprint density at radius 2 is 1.89 bits per heavy atom. The first-order valence-corrected chi connectivity index (χ1v) is 3.61. The van der Waals surface area contributed by atoms with Crippen molar-refractivity contribution < 1.29 is 4.74 Å². The third kappa shape index (κ3) is 0.732. The Labute approximate surface area is 54.7 Å². The minimum Gasteiger partial charge on any atom is -0.478 e. The lowest BCUT2D eigenvalue weighted by atomic mass is 9.84. The number of rotatable bonds is 0. The molecule has 2 nitrogen and oxygen atoms in total. The molecule has 2 aliphatic heterocycles. The highest BCUT2D eigenvalue weighted by molar-refractivity contribution is 5.76. The fraction of sp³-hybridized carbons (Fsp3) is 0.857. The van der Waals surface area contributed by atoms with Gasteiger partial charge in [0.2, 0.25) is 0 Å². The van der Waals surface area contributed by atoms with E-state index >= 15 is 0 Å². The first-order chi connectivity index (χ1) is 4.36. The molecule has 1 aliphatic carbocycles. The first-order valence-electron chi connectivity index (χ1n) is 3.61. The van der Waals surface area contributed by atoms with Crippen LogP contribution < -0.4 is 0 Å². The van der Waals surface area contributed by atoms with Crippen molar-refractivity contribution in [1.29, 1.82) is 5.41 Å². The highest BCUT2D eigenvalue weighted by Gasteiger charge is 2.32. The van der Waals surface area contributed by atoms with E-state index in [1.54, 1.807) is 0 Å². The molecule has 3 rings (SSSR count). The van der Waals surface area contributed by atoms with Gasteiger partial charge in [-0.3, -0.25) is 5.41 Å². The molecule has 50 valence electrons. The lowest BCUT2D eigenvalue weighted by Crippen LogP contribution is -2.36. The van der Waals surface area contributed by atoms with Crippen LogP contribution in [-0.2, 0) is 4.74 Å². The largest absolute Gasteiger partial charge is 0.478 e. The molecule has 2 bridgehead atoms. The zero-order chi connectivity index (χ0) is 6.27. The van der Waals surface area contributed by atoms with Crippen LogP contribution in [0.25, 0.3) is 0 Å². The molecule has 2 heterocycles. The second-order valence-corrected chi connectivity index (χ2v) is 2.96. The Balaban J connectivity index is 2.15. The van der Waals surface area contributed by atoms with Crippen molar-refractivity contribution in [2.24, 2.45) is 5.92 Å². The number of hydrogen-bond acceptors (Lipinski definition) is 2. The zero-order valence-electron chi connectivity index (χ0n) is 5.39. The van der Waals surface area contributed by atoms with Crippen LogP contribution in [0.3, 0.4) is 0 Å².